The van der Waals surface area contributed by atoms with E-state index in [0.29, 0.717) is 17.2 Å². The fraction of sp³-hybridized carbons (Fsp3) is 0.300. The molecule has 0 saturated carbocycles. The Kier molecular flexibility index (Phi) is 3.39. The molecule has 2 aromatic rings. The van der Waals surface area contributed by atoms with Crippen molar-refractivity contribution in [2.45, 2.75) is 20.4 Å². The van der Waals surface area contributed by atoms with E-state index >= 15 is 0 Å². The highest BCUT2D eigenvalue weighted by Crippen LogP contribution is 2.25. The number of rotatable bonds is 4. The highest BCUT2D eigenvalue weighted by Gasteiger charge is 2.17. The Labute approximate surface area is 106 Å². The molecule has 0 aliphatic heterocycles. The van der Waals surface area contributed by atoms with Crippen LogP contribution in [0, 0.1) is 13.8 Å². The smallest absolute Gasteiger partial charge is 0.340 e. The molecule has 0 aliphatic rings. The quantitative estimate of drug-likeness (QED) is 0.892. The Morgan fingerprint density at radius 2 is 2.29 bits per heavy atom. The summed E-state index contributed by atoms with van der Waals surface area (Å²) in [7, 11) is 0. The van der Waals surface area contributed by atoms with Gasteiger partial charge in [0.25, 0.3) is 0 Å². The van der Waals surface area contributed by atoms with Gasteiger partial charge in [0.15, 0.2) is 0 Å². The van der Waals surface area contributed by atoms with E-state index in [1.165, 1.54) is 0 Å². The summed E-state index contributed by atoms with van der Waals surface area (Å²) in [5.41, 5.74) is 1.70. The lowest BCUT2D eigenvalue weighted by molar-refractivity contribution is 0.0697. The number of hydrogen-bond acceptors (Lipinski definition) is 6. The molecule has 0 aromatic carbocycles. The van der Waals surface area contributed by atoms with Crippen molar-refractivity contribution in [2.75, 3.05) is 5.32 Å². The van der Waals surface area contributed by atoms with E-state index in [1.54, 1.807) is 18.3 Å². The average Bonchev–Trinajstić information content (AvgIpc) is 2.82. The molecule has 2 heterocycles. The standard InChI is InChI=1S/C10H11N3O2S2/c1-5-8(10(14)15)9(17-13-5)11-3-7-4-16-6(2)12-7/h4,11H,3H2,1-2H3,(H,14,15). The molecular formula is C10H11N3O2S2. The van der Waals surface area contributed by atoms with Gasteiger partial charge in [-0.2, -0.15) is 4.37 Å². The molecule has 0 bridgehead atoms. The number of thiazole rings is 1. The largest absolute Gasteiger partial charge is 0.478 e. The summed E-state index contributed by atoms with van der Waals surface area (Å²) in [4.78, 5) is 15.3. The topological polar surface area (TPSA) is 75.1 Å². The number of aromatic carboxylic acids is 1. The predicted molar refractivity (Wildman–Crippen MR) is 68.0 cm³/mol. The lowest BCUT2D eigenvalue weighted by Gasteiger charge is -2.02. The first-order valence-electron chi connectivity index (χ1n) is 4.92. The zero-order chi connectivity index (χ0) is 12.4. The summed E-state index contributed by atoms with van der Waals surface area (Å²) in [6.45, 7) is 4.15. The second kappa shape index (κ2) is 4.80. The fourth-order valence-electron chi connectivity index (χ4n) is 1.40. The molecule has 2 rings (SSSR count). The van der Waals surface area contributed by atoms with Gasteiger partial charge in [-0.15, -0.1) is 11.3 Å². The normalized spacial score (nSPS) is 10.5. The van der Waals surface area contributed by atoms with E-state index in [1.807, 2.05) is 12.3 Å². The molecule has 7 heteroatoms. The van der Waals surface area contributed by atoms with Crippen LogP contribution in [0.15, 0.2) is 5.38 Å². The summed E-state index contributed by atoms with van der Waals surface area (Å²) in [6.07, 6.45) is 0. The molecule has 0 radical (unpaired) electrons. The molecule has 90 valence electrons. The fourth-order valence-corrected chi connectivity index (χ4v) is 2.80. The number of anilines is 1. The minimum atomic E-state index is -0.951. The summed E-state index contributed by atoms with van der Waals surface area (Å²) in [6, 6.07) is 0. The van der Waals surface area contributed by atoms with E-state index in [4.69, 9.17) is 5.11 Å². The molecule has 0 amide bonds. The Balaban J connectivity index is 2.11. The van der Waals surface area contributed by atoms with Crippen molar-refractivity contribution in [3.8, 4) is 0 Å². The van der Waals surface area contributed by atoms with Gasteiger partial charge in [-0.1, -0.05) is 0 Å². The lowest BCUT2D eigenvalue weighted by Crippen LogP contribution is -2.05. The Hall–Kier alpha value is -1.47. The number of aryl methyl sites for hydroxylation is 2. The van der Waals surface area contributed by atoms with Crippen LogP contribution in [0.25, 0.3) is 0 Å². The van der Waals surface area contributed by atoms with E-state index < -0.39 is 5.97 Å². The SMILES string of the molecule is Cc1nc(CNc2snc(C)c2C(=O)O)cs1. The van der Waals surface area contributed by atoms with Crippen molar-refractivity contribution < 1.29 is 9.90 Å². The number of carboxylic acid groups (broad SMARTS) is 1. The Bertz CT molecular complexity index is 547. The highest BCUT2D eigenvalue weighted by molar-refractivity contribution is 7.10. The number of carboxylic acids is 1. The first-order chi connectivity index (χ1) is 8.08. The van der Waals surface area contributed by atoms with Crippen LogP contribution in [0.5, 0.6) is 0 Å². The third kappa shape index (κ3) is 2.62. The van der Waals surface area contributed by atoms with Gasteiger partial charge in [0.1, 0.15) is 10.6 Å². The zero-order valence-electron chi connectivity index (χ0n) is 9.35. The van der Waals surface area contributed by atoms with Crippen molar-refractivity contribution in [3.63, 3.8) is 0 Å². The van der Waals surface area contributed by atoms with Gasteiger partial charge in [-0.3, -0.25) is 0 Å². The molecule has 2 aromatic heterocycles. The number of carbonyl (C=O) groups is 1. The van der Waals surface area contributed by atoms with Crippen molar-refractivity contribution in [1.29, 1.82) is 0 Å². The summed E-state index contributed by atoms with van der Waals surface area (Å²) >= 11 is 2.74. The molecule has 5 nitrogen and oxygen atoms in total. The molecule has 17 heavy (non-hydrogen) atoms. The minimum Gasteiger partial charge on any atom is -0.478 e. The number of aromatic nitrogens is 2. The molecular weight excluding hydrogens is 258 g/mol. The maximum Gasteiger partial charge on any atom is 0.340 e. The highest BCUT2D eigenvalue weighted by atomic mass is 32.1. The molecule has 0 fully saturated rings. The molecule has 0 spiro atoms. The van der Waals surface area contributed by atoms with Gasteiger partial charge >= 0.3 is 5.97 Å². The lowest BCUT2D eigenvalue weighted by atomic mass is 10.2. The van der Waals surface area contributed by atoms with Gasteiger partial charge in [0.2, 0.25) is 0 Å². The van der Waals surface area contributed by atoms with Crippen molar-refractivity contribution in [3.05, 3.63) is 27.3 Å². The maximum absolute atomic E-state index is 11.0. The maximum atomic E-state index is 11.0. The molecule has 0 unspecified atom stereocenters. The van der Waals surface area contributed by atoms with E-state index in [9.17, 15) is 4.79 Å². The van der Waals surface area contributed by atoms with Crippen LogP contribution in [-0.4, -0.2) is 20.4 Å². The number of nitrogens with zero attached hydrogens (tertiary/aromatic N) is 2. The number of hydrogen-bond donors (Lipinski definition) is 2. The predicted octanol–water partition coefficient (Wildman–Crippen LogP) is 2.53. The van der Waals surface area contributed by atoms with Crippen LogP contribution in [0.3, 0.4) is 0 Å². The molecule has 0 atom stereocenters. The van der Waals surface area contributed by atoms with Gasteiger partial charge in [0, 0.05) is 5.38 Å². The summed E-state index contributed by atoms with van der Waals surface area (Å²) < 4.78 is 4.04. The molecule has 0 aliphatic carbocycles. The van der Waals surface area contributed by atoms with Gasteiger partial charge in [-0.05, 0) is 25.4 Å². The third-order valence-electron chi connectivity index (χ3n) is 2.17. The zero-order valence-corrected chi connectivity index (χ0v) is 11.0. The van der Waals surface area contributed by atoms with Gasteiger partial charge < -0.3 is 10.4 Å². The van der Waals surface area contributed by atoms with Crippen LogP contribution in [0.2, 0.25) is 0 Å². The van der Waals surface area contributed by atoms with E-state index in [-0.39, 0.29) is 5.56 Å². The first-order valence-corrected chi connectivity index (χ1v) is 6.57. The van der Waals surface area contributed by atoms with Crippen LogP contribution in [0.4, 0.5) is 5.00 Å². The monoisotopic (exact) mass is 269 g/mol. The van der Waals surface area contributed by atoms with Crippen LogP contribution >= 0.6 is 22.9 Å². The van der Waals surface area contributed by atoms with Crippen LogP contribution < -0.4 is 5.32 Å². The van der Waals surface area contributed by atoms with Crippen molar-refractivity contribution >= 4 is 33.8 Å². The number of nitrogens with one attached hydrogen (secondary N) is 1. The van der Waals surface area contributed by atoms with Gasteiger partial charge in [-0.25, -0.2) is 9.78 Å². The van der Waals surface area contributed by atoms with Crippen LogP contribution in [0.1, 0.15) is 26.8 Å². The molecule has 0 saturated heterocycles. The minimum absolute atomic E-state index is 0.252. The summed E-state index contributed by atoms with van der Waals surface area (Å²) in [5, 5.41) is 15.7. The second-order valence-electron chi connectivity index (χ2n) is 3.49. The first kappa shape index (κ1) is 12.0. The van der Waals surface area contributed by atoms with Gasteiger partial charge in [0.05, 0.1) is 22.9 Å². The van der Waals surface area contributed by atoms with E-state index in [0.717, 1.165) is 22.2 Å². The Morgan fingerprint density at radius 3 is 2.88 bits per heavy atom. The average molecular weight is 269 g/mol. The second-order valence-corrected chi connectivity index (χ2v) is 5.32. The third-order valence-corrected chi connectivity index (χ3v) is 3.89. The van der Waals surface area contributed by atoms with E-state index in [2.05, 4.69) is 14.7 Å². The van der Waals surface area contributed by atoms with Crippen molar-refractivity contribution in [2.24, 2.45) is 0 Å². The van der Waals surface area contributed by atoms with Crippen molar-refractivity contribution in [1.82, 2.24) is 9.36 Å². The summed E-state index contributed by atoms with van der Waals surface area (Å²) in [5.74, 6) is -0.951. The Morgan fingerprint density at radius 1 is 1.53 bits per heavy atom. The van der Waals surface area contributed by atoms with Crippen LogP contribution in [-0.2, 0) is 6.54 Å². The molecule has 2 N–H and O–H groups in total.